The minimum absolute atomic E-state index is 0.135. The average Bonchev–Trinajstić information content (AvgIpc) is 2.10. The van der Waals surface area contributed by atoms with E-state index in [9.17, 15) is 14.4 Å². The lowest BCUT2D eigenvalue weighted by atomic mass is 10.1. The molecule has 0 rings (SSSR count). The van der Waals surface area contributed by atoms with Gasteiger partial charge in [0.2, 0.25) is 5.91 Å². The van der Waals surface area contributed by atoms with Crippen molar-refractivity contribution in [3.05, 3.63) is 11.3 Å². The first-order chi connectivity index (χ1) is 6.77. The van der Waals surface area contributed by atoms with Gasteiger partial charge in [0.25, 0.3) is 0 Å². The number of hydrogen-bond donors (Lipinski definition) is 3. The van der Waals surface area contributed by atoms with E-state index in [1.807, 2.05) is 0 Å². The second kappa shape index (κ2) is 5.14. The van der Waals surface area contributed by atoms with Gasteiger partial charge in [0.15, 0.2) is 11.8 Å². The molecule has 0 aromatic rings. The van der Waals surface area contributed by atoms with Crippen molar-refractivity contribution in [2.24, 2.45) is 5.73 Å². The predicted octanol–water partition coefficient (Wildman–Crippen LogP) is -0.603. The average molecular weight is 214 g/mol. The first-order valence-corrected chi connectivity index (χ1v) is 4.24. The van der Waals surface area contributed by atoms with Crippen LogP contribution in [0.4, 0.5) is 0 Å². The minimum Gasteiger partial charge on any atom is -0.479 e. The Hall–Kier alpha value is -1.85. The van der Waals surface area contributed by atoms with Gasteiger partial charge in [-0.1, -0.05) is 0 Å². The molecule has 1 amide bonds. The van der Waals surface area contributed by atoms with Crippen molar-refractivity contribution in [2.75, 3.05) is 0 Å². The van der Waals surface area contributed by atoms with Gasteiger partial charge < -0.3 is 16.2 Å². The molecule has 0 bridgehead atoms. The monoisotopic (exact) mass is 214 g/mol. The Morgan fingerprint density at radius 2 is 1.67 bits per heavy atom. The van der Waals surface area contributed by atoms with E-state index >= 15 is 0 Å². The predicted molar refractivity (Wildman–Crippen MR) is 52.8 cm³/mol. The fourth-order valence-corrected chi connectivity index (χ4v) is 0.896. The summed E-state index contributed by atoms with van der Waals surface area (Å²) in [6, 6.07) is -1.36. The van der Waals surface area contributed by atoms with Gasteiger partial charge in [-0.25, -0.2) is 4.79 Å². The normalized spacial score (nSPS) is 13.8. The number of ketones is 1. The molecule has 84 valence electrons. The molecule has 0 spiro atoms. The summed E-state index contributed by atoms with van der Waals surface area (Å²) in [6.45, 7) is 3.86. The molecule has 4 N–H and O–H groups in total. The highest BCUT2D eigenvalue weighted by Gasteiger charge is 2.23. The number of nitrogens with one attached hydrogen (secondary N) is 1. The molecular weight excluding hydrogens is 200 g/mol. The second-order valence-electron chi connectivity index (χ2n) is 3.11. The summed E-state index contributed by atoms with van der Waals surface area (Å²) in [6.07, 6.45) is 0. The maximum absolute atomic E-state index is 11.0. The molecular formula is C9H14N2O4. The van der Waals surface area contributed by atoms with Crippen molar-refractivity contribution in [3.63, 3.8) is 0 Å². The van der Waals surface area contributed by atoms with Gasteiger partial charge in [-0.2, -0.15) is 0 Å². The molecule has 0 aliphatic heterocycles. The van der Waals surface area contributed by atoms with Crippen LogP contribution in [0, 0.1) is 0 Å². The van der Waals surface area contributed by atoms with Crippen LogP contribution in [0.1, 0.15) is 20.8 Å². The molecule has 0 saturated heterocycles. The Morgan fingerprint density at radius 3 is 1.93 bits per heavy atom. The van der Waals surface area contributed by atoms with Crippen LogP contribution < -0.4 is 11.1 Å². The zero-order valence-corrected chi connectivity index (χ0v) is 8.83. The number of allylic oxidation sites excluding steroid dienone is 1. The Kier molecular flexibility index (Phi) is 4.50. The van der Waals surface area contributed by atoms with Crippen molar-refractivity contribution in [3.8, 4) is 0 Å². The highest BCUT2D eigenvalue weighted by atomic mass is 16.4. The molecule has 0 aliphatic carbocycles. The molecule has 0 aliphatic rings. The lowest BCUT2D eigenvalue weighted by molar-refractivity contribution is -0.140. The van der Waals surface area contributed by atoms with Crippen LogP contribution in [-0.4, -0.2) is 28.8 Å². The van der Waals surface area contributed by atoms with Crippen LogP contribution >= 0.6 is 0 Å². The number of carbonyl (C=O) groups is 3. The summed E-state index contributed by atoms with van der Waals surface area (Å²) in [5.74, 6) is -2.16. The topological polar surface area (TPSA) is 109 Å². The SMILES string of the molecule is CC(=O)NC(C(=O)O)/C(N)=C(/C)C(C)=O. The molecule has 1 unspecified atom stereocenters. The molecule has 6 nitrogen and oxygen atoms in total. The lowest BCUT2D eigenvalue weighted by Gasteiger charge is -2.15. The Bertz CT molecular complexity index is 333. The molecule has 0 saturated carbocycles. The molecule has 15 heavy (non-hydrogen) atoms. The van der Waals surface area contributed by atoms with Crippen LogP contribution in [0.15, 0.2) is 11.3 Å². The van der Waals surface area contributed by atoms with Crippen molar-refractivity contribution >= 4 is 17.7 Å². The number of aliphatic carboxylic acids is 1. The number of carboxylic acid groups (broad SMARTS) is 1. The molecule has 1 atom stereocenters. The van der Waals surface area contributed by atoms with E-state index in [2.05, 4.69) is 5.32 Å². The van der Waals surface area contributed by atoms with Crippen molar-refractivity contribution in [1.29, 1.82) is 0 Å². The maximum atomic E-state index is 11.0. The summed E-state index contributed by atoms with van der Waals surface area (Å²) >= 11 is 0. The fraction of sp³-hybridized carbons (Fsp3) is 0.444. The Morgan fingerprint density at radius 1 is 1.20 bits per heavy atom. The van der Waals surface area contributed by atoms with E-state index in [0.717, 1.165) is 0 Å². The summed E-state index contributed by atoms with van der Waals surface area (Å²) in [4.78, 5) is 32.4. The van der Waals surface area contributed by atoms with Crippen LogP contribution in [0.25, 0.3) is 0 Å². The van der Waals surface area contributed by atoms with E-state index in [-0.39, 0.29) is 17.1 Å². The van der Waals surface area contributed by atoms with Crippen molar-refractivity contribution in [2.45, 2.75) is 26.8 Å². The van der Waals surface area contributed by atoms with E-state index < -0.39 is 17.9 Å². The number of Topliss-reactive ketones (excluding diaryl/α,β-unsaturated/α-hetero) is 1. The van der Waals surface area contributed by atoms with E-state index in [4.69, 9.17) is 10.8 Å². The number of carbonyl (C=O) groups excluding carboxylic acids is 2. The Balaban J connectivity index is 5.09. The van der Waals surface area contributed by atoms with Gasteiger partial charge in [0.05, 0.1) is 0 Å². The zero-order chi connectivity index (χ0) is 12.2. The number of rotatable bonds is 4. The third kappa shape index (κ3) is 3.80. The van der Waals surface area contributed by atoms with E-state index in [0.29, 0.717) is 0 Å². The Labute approximate surface area is 87.1 Å². The fourth-order valence-electron chi connectivity index (χ4n) is 0.896. The van der Waals surface area contributed by atoms with Crippen LogP contribution in [-0.2, 0) is 14.4 Å². The first kappa shape index (κ1) is 13.2. The largest absolute Gasteiger partial charge is 0.479 e. The summed E-state index contributed by atoms with van der Waals surface area (Å²) in [7, 11) is 0. The highest BCUT2D eigenvalue weighted by molar-refractivity contribution is 5.95. The van der Waals surface area contributed by atoms with Crippen LogP contribution in [0.2, 0.25) is 0 Å². The number of hydrogen-bond acceptors (Lipinski definition) is 4. The number of carboxylic acids is 1. The van der Waals surface area contributed by atoms with Gasteiger partial charge in [-0.15, -0.1) is 0 Å². The van der Waals surface area contributed by atoms with E-state index in [1.165, 1.54) is 20.8 Å². The number of amides is 1. The smallest absolute Gasteiger partial charge is 0.332 e. The summed E-state index contributed by atoms with van der Waals surface area (Å²) in [5.41, 5.74) is 5.46. The zero-order valence-electron chi connectivity index (χ0n) is 8.83. The summed E-state index contributed by atoms with van der Waals surface area (Å²) < 4.78 is 0. The van der Waals surface area contributed by atoms with Crippen molar-refractivity contribution < 1.29 is 19.5 Å². The first-order valence-electron chi connectivity index (χ1n) is 4.24. The van der Waals surface area contributed by atoms with Gasteiger partial charge in [-0.05, 0) is 13.8 Å². The van der Waals surface area contributed by atoms with Gasteiger partial charge in [-0.3, -0.25) is 9.59 Å². The lowest BCUT2D eigenvalue weighted by Crippen LogP contribution is -2.44. The number of nitrogens with two attached hydrogens (primary N) is 1. The quantitative estimate of drug-likeness (QED) is 0.541. The van der Waals surface area contributed by atoms with E-state index in [1.54, 1.807) is 0 Å². The molecule has 0 radical (unpaired) electrons. The molecule has 0 aromatic carbocycles. The van der Waals surface area contributed by atoms with Gasteiger partial charge >= 0.3 is 5.97 Å². The molecule has 0 heterocycles. The molecule has 6 heteroatoms. The maximum Gasteiger partial charge on any atom is 0.332 e. The molecule has 0 aromatic heterocycles. The molecule has 0 fully saturated rings. The van der Waals surface area contributed by atoms with Crippen LogP contribution in [0.3, 0.4) is 0 Å². The highest BCUT2D eigenvalue weighted by Crippen LogP contribution is 2.05. The van der Waals surface area contributed by atoms with Crippen molar-refractivity contribution in [1.82, 2.24) is 5.32 Å². The van der Waals surface area contributed by atoms with Gasteiger partial charge in [0.1, 0.15) is 0 Å². The van der Waals surface area contributed by atoms with Gasteiger partial charge in [0, 0.05) is 18.2 Å². The standard InChI is InChI=1S/C9H14N2O4/c1-4(5(2)12)7(10)8(9(14)15)11-6(3)13/h8H,10H2,1-3H3,(H,11,13)(H,14,15)/b7-4+. The third-order valence-electron chi connectivity index (χ3n) is 1.87. The third-order valence-corrected chi connectivity index (χ3v) is 1.87. The minimum atomic E-state index is -1.36. The second-order valence-corrected chi connectivity index (χ2v) is 3.11. The summed E-state index contributed by atoms with van der Waals surface area (Å²) in [5, 5.41) is 10.9. The van der Waals surface area contributed by atoms with Crippen LogP contribution in [0.5, 0.6) is 0 Å².